The molecule has 27 heavy (non-hydrogen) atoms. The molecule has 140 valence electrons. The number of H-pyrrole nitrogens is 1. The average Bonchev–Trinajstić information content (AvgIpc) is 3.14. The lowest BCUT2D eigenvalue weighted by Crippen LogP contribution is -2.27. The van der Waals surface area contributed by atoms with Gasteiger partial charge in [0.2, 0.25) is 10.0 Å². The van der Waals surface area contributed by atoms with Crippen LogP contribution in [-0.2, 0) is 23.6 Å². The van der Waals surface area contributed by atoms with E-state index in [1.807, 2.05) is 25.1 Å². The highest BCUT2D eigenvalue weighted by molar-refractivity contribution is 7.89. The second-order valence-electron chi connectivity index (χ2n) is 6.52. The molecule has 4 rings (SSSR count). The first-order valence-corrected chi connectivity index (χ1v) is 9.71. The molecule has 0 aliphatic rings. The first-order chi connectivity index (χ1) is 12.8. The van der Waals surface area contributed by atoms with Gasteiger partial charge in [-0.2, -0.15) is 4.31 Å². The maximum absolute atomic E-state index is 12.9. The minimum Gasteiger partial charge on any atom is -0.408 e. The SMILES string of the molecule is Cc1ccc2nc(CN(C)S(=O)(=O)c3ccc4oc(=O)n(C)c4c3)[nH]c2c1. The predicted octanol–water partition coefficient (Wildman–Crippen LogP) is 2.14. The molecule has 0 atom stereocenters. The van der Waals surface area contributed by atoms with E-state index in [0.29, 0.717) is 16.9 Å². The van der Waals surface area contributed by atoms with Gasteiger partial charge in [0.1, 0.15) is 5.82 Å². The van der Waals surface area contributed by atoms with E-state index < -0.39 is 15.8 Å². The number of aromatic amines is 1. The Hall–Kier alpha value is -2.91. The van der Waals surface area contributed by atoms with E-state index in [0.717, 1.165) is 16.6 Å². The van der Waals surface area contributed by atoms with E-state index >= 15 is 0 Å². The lowest BCUT2D eigenvalue weighted by molar-refractivity contribution is 0.458. The molecule has 0 amide bonds. The molecule has 0 spiro atoms. The topological polar surface area (TPSA) is 101 Å². The van der Waals surface area contributed by atoms with Crippen molar-refractivity contribution in [2.45, 2.75) is 18.4 Å². The van der Waals surface area contributed by atoms with Crippen LogP contribution in [0.15, 0.2) is 50.5 Å². The molecule has 0 unspecified atom stereocenters. The summed E-state index contributed by atoms with van der Waals surface area (Å²) >= 11 is 0. The van der Waals surface area contributed by atoms with Crippen LogP contribution in [-0.4, -0.2) is 34.3 Å². The van der Waals surface area contributed by atoms with Crippen molar-refractivity contribution in [3.05, 3.63) is 58.3 Å². The summed E-state index contributed by atoms with van der Waals surface area (Å²) in [5.41, 5.74) is 3.52. The molecular weight excluding hydrogens is 368 g/mol. The van der Waals surface area contributed by atoms with Gasteiger partial charge in [-0.25, -0.2) is 18.2 Å². The van der Waals surface area contributed by atoms with Crippen molar-refractivity contribution >= 4 is 32.2 Å². The van der Waals surface area contributed by atoms with Gasteiger partial charge in [-0.3, -0.25) is 4.57 Å². The lowest BCUT2D eigenvalue weighted by atomic mass is 10.2. The molecule has 0 radical (unpaired) electrons. The summed E-state index contributed by atoms with van der Waals surface area (Å²) in [5.74, 6) is 0.0175. The fraction of sp³-hybridized carbons (Fsp3) is 0.222. The summed E-state index contributed by atoms with van der Waals surface area (Å²) in [7, 11) is -0.741. The number of hydrogen-bond acceptors (Lipinski definition) is 5. The van der Waals surface area contributed by atoms with Crippen molar-refractivity contribution < 1.29 is 12.8 Å². The van der Waals surface area contributed by atoms with Crippen molar-refractivity contribution in [3.8, 4) is 0 Å². The Morgan fingerprint density at radius 3 is 2.78 bits per heavy atom. The molecule has 0 saturated carbocycles. The predicted molar refractivity (Wildman–Crippen MR) is 101 cm³/mol. The van der Waals surface area contributed by atoms with E-state index in [9.17, 15) is 13.2 Å². The monoisotopic (exact) mass is 386 g/mol. The Morgan fingerprint density at radius 2 is 2.00 bits per heavy atom. The Labute approximate surface area is 155 Å². The molecule has 8 nitrogen and oxygen atoms in total. The molecule has 0 bridgehead atoms. The highest BCUT2D eigenvalue weighted by Gasteiger charge is 2.23. The zero-order valence-electron chi connectivity index (χ0n) is 15.1. The number of imidazole rings is 1. The lowest BCUT2D eigenvalue weighted by Gasteiger charge is -2.16. The van der Waals surface area contributed by atoms with Crippen LogP contribution in [0.1, 0.15) is 11.4 Å². The van der Waals surface area contributed by atoms with Gasteiger partial charge in [0.05, 0.1) is 28.0 Å². The third-order valence-corrected chi connectivity index (χ3v) is 6.33. The van der Waals surface area contributed by atoms with E-state index in [-0.39, 0.29) is 11.4 Å². The van der Waals surface area contributed by atoms with E-state index in [2.05, 4.69) is 9.97 Å². The molecule has 0 fully saturated rings. The third-order valence-electron chi connectivity index (χ3n) is 4.53. The van der Waals surface area contributed by atoms with E-state index in [1.165, 1.54) is 41.2 Å². The summed E-state index contributed by atoms with van der Waals surface area (Å²) in [4.78, 5) is 19.3. The van der Waals surface area contributed by atoms with Gasteiger partial charge in [0, 0.05) is 14.1 Å². The molecule has 2 heterocycles. The molecule has 0 saturated heterocycles. The van der Waals surface area contributed by atoms with Crippen molar-refractivity contribution in [3.63, 3.8) is 0 Å². The second kappa shape index (κ2) is 6.07. The summed E-state index contributed by atoms with van der Waals surface area (Å²) in [5, 5.41) is 0. The average molecular weight is 386 g/mol. The van der Waals surface area contributed by atoms with E-state index in [4.69, 9.17) is 4.42 Å². The molecule has 0 aliphatic heterocycles. The number of aromatic nitrogens is 3. The van der Waals surface area contributed by atoms with Crippen molar-refractivity contribution in [1.29, 1.82) is 0 Å². The van der Waals surface area contributed by atoms with Crippen molar-refractivity contribution in [2.24, 2.45) is 7.05 Å². The highest BCUT2D eigenvalue weighted by Crippen LogP contribution is 2.22. The van der Waals surface area contributed by atoms with Crippen LogP contribution in [0.4, 0.5) is 0 Å². The first-order valence-electron chi connectivity index (χ1n) is 8.27. The van der Waals surface area contributed by atoms with Gasteiger partial charge in [-0.05, 0) is 42.8 Å². The standard InChI is InChI=1S/C18H18N4O4S/c1-11-4-6-13-14(8-11)20-17(19-13)10-21(2)27(24,25)12-5-7-16-15(9-12)22(3)18(23)26-16/h4-9H,10H2,1-3H3,(H,19,20). The van der Waals surface area contributed by atoms with E-state index in [1.54, 1.807) is 0 Å². The third kappa shape index (κ3) is 2.94. The number of sulfonamides is 1. The summed E-state index contributed by atoms with van der Waals surface area (Å²) in [6.45, 7) is 2.08. The quantitative estimate of drug-likeness (QED) is 0.579. The largest absolute Gasteiger partial charge is 0.419 e. The van der Waals surface area contributed by atoms with Crippen LogP contribution >= 0.6 is 0 Å². The maximum atomic E-state index is 12.9. The Morgan fingerprint density at radius 1 is 1.22 bits per heavy atom. The fourth-order valence-corrected chi connectivity index (χ4v) is 4.15. The molecule has 1 N–H and O–H groups in total. The number of rotatable bonds is 4. The van der Waals surface area contributed by atoms with Gasteiger partial charge in [0.15, 0.2) is 5.58 Å². The minimum absolute atomic E-state index is 0.0841. The molecule has 2 aromatic heterocycles. The van der Waals surface area contributed by atoms with Gasteiger partial charge in [-0.15, -0.1) is 0 Å². The number of benzene rings is 2. The highest BCUT2D eigenvalue weighted by atomic mass is 32.2. The van der Waals surface area contributed by atoms with Crippen molar-refractivity contribution in [2.75, 3.05) is 7.05 Å². The Bertz CT molecular complexity index is 1330. The van der Waals surface area contributed by atoms with Crippen LogP contribution < -0.4 is 5.76 Å². The molecule has 0 aliphatic carbocycles. The molecular formula is C18H18N4O4S. The van der Waals surface area contributed by atoms with Gasteiger partial charge >= 0.3 is 5.76 Å². The Balaban J connectivity index is 1.67. The Kier molecular flexibility index (Phi) is 3.93. The molecule has 4 aromatic rings. The normalized spacial score (nSPS) is 12.4. The smallest absolute Gasteiger partial charge is 0.408 e. The second-order valence-corrected chi connectivity index (χ2v) is 8.57. The van der Waals surface area contributed by atoms with Gasteiger partial charge in [-0.1, -0.05) is 6.07 Å². The fourth-order valence-electron chi connectivity index (χ4n) is 2.99. The van der Waals surface area contributed by atoms with Crippen LogP contribution in [0.25, 0.3) is 22.1 Å². The number of nitrogens with zero attached hydrogens (tertiary/aromatic N) is 3. The maximum Gasteiger partial charge on any atom is 0.419 e. The molecule has 9 heteroatoms. The van der Waals surface area contributed by atoms with Crippen LogP contribution in [0.2, 0.25) is 0 Å². The van der Waals surface area contributed by atoms with Crippen molar-refractivity contribution in [1.82, 2.24) is 18.8 Å². The van der Waals surface area contributed by atoms with Crippen LogP contribution in [0.5, 0.6) is 0 Å². The van der Waals surface area contributed by atoms with Crippen LogP contribution in [0, 0.1) is 6.92 Å². The zero-order chi connectivity index (χ0) is 19.3. The van der Waals surface area contributed by atoms with Crippen LogP contribution in [0.3, 0.4) is 0 Å². The number of nitrogens with one attached hydrogen (secondary N) is 1. The van der Waals surface area contributed by atoms with Gasteiger partial charge in [0.25, 0.3) is 0 Å². The zero-order valence-corrected chi connectivity index (χ0v) is 15.9. The number of aryl methyl sites for hydroxylation is 2. The number of fused-ring (bicyclic) bond motifs is 2. The minimum atomic E-state index is -3.77. The number of hydrogen-bond donors (Lipinski definition) is 1. The number of oxazole rings is 1. The summed E-state index contributed by atoms with van der Waals surface area (Å²) < 4.78 is 33.4. The summed E-state index contributed by atoms with van der Waals surface area (Å²) in [6.07, 6.45) is 0. The molecule has 2 aromatic carbocycles. The summed E-state index contributed by atoms with van der Waals surface area (Å²) in [6, 6.07) is 10.2. The first kappa shape index (κ1) is 17.5. The van der Waals surface area contributed by atoms with Gasteiger partial charge < -0.3 is 9.40 Å².